The maximum absolute atomic E-state index is 6.22. The van der Waals surface area contributed by atoms with E-state index in [1.54, 1.807) is 18.0 Å². The third kappa shape index (κ3) is 3.77. The first-order valence-corrected chi connectivity index (χ1v) is 10.3. The van der Waals surface area contributed by atoms with Gasteiger partial charge in [-0.1, -0.05) is 6.92 Å². The molecule has 0 spiro atoms. The summed E-state index contributed by atoms with van der Waals surface area (Å²) < 4.78 is 13.6. The number of hydrogen-bond acceptors (Lipinski definition) is 6. The second-order valence-corrected chi connectivity index (χ2v) is 8.40. The van der Waals surface area contributed by atoms with Crippen LogP contribution in [0.25, 0.3) is 16.9 Å². The van der Waals surface area contributed by atoms with Crippen LogP contribution in [0.3, 0.4) is 0 Å². The molecule has 0 amide bonds. The second-order valence-electron chi connectivity index (χ2n) is 8.40. The Hall–Kier alpha value is -2.93. The Labute approximate surface area is 177 Å². The number of benzene rings is 1. The minimum atomic E-state index is 0.0833. The summed E-state index contributed by atoms with van der Waals surface area (Å²) in [6.45, 7) is 7.78. The van der Waals surface area contributed by atoms with E-state index in [-0.39, 0.29) is 11.6 Å². The van der Waals surface area contributed by atoms with Gasteiger partial charge < -0.3 is 14.4 Å². The van der Waals surface area contributed by atoms with Gasteiger partial charge in [-0.3, -0.25) is 0 Å². The van der Waals surface area contributed by atoms with Crippen LogP contribution < -0.4 is 9.47 Å². The molecule has 7 nitrogen and oxygen atoms in total. The normalized spacial score (nSPS) is 21.4. The zero-order valence-corrected chi connectivity index (χ0v) is 18.2. The quantitative estimate of drug-likeness (QED) is 0.640. The molecule has 1 aliphatic heterocycles. The molecule has 158 valence electrons. The van der Waals surface area contributed by atoms with Crippen molar-refractivity contribution in [3.8, 4) is 28.6 Å². The predicted octanol–water partition coefficient (Wildman–Crippen LogP) is 3.84. The van der Waals surface area contributed by atoms with Crippen molar-refractivity contribution in [2.24, 2.45) is 5.92 Å². The van der Waals surface area contributed by atoms with Crippen molar-refractivity contribution in [1.82, 2.24) is 24.9 Å². The van der Waals surface area contributed by atoms with Crippen LogP contribution in [-0.4, -0.2) is 57.2 Å². The number of aromatic nitrogens is 4. The van der Waals surface area contributed by atoms with Gasteiger partial charge in [-0.05, 0) is 51.6 Å². The summed E-state index contributed by atoms with van der Waals surface area (Å²) in [5.41, 5.74) is 2.62. The van der Waals surface area contributed by atoms with Crippen molar-refractivity contribution in [2.75, 3.05) is 20.7 Å². The van der Waals surface area contributed by atoms with E-state index >= 15 is 0 Å². The first-order valence-electron chi connectivity index (χ1n) is 10.3. The van der Waals surface area contributed by atoms with Gasteiger partial charge in [0, 0.05) is 48.1 Å². The van der Waals surface area contributed by atoms with Gasteiger partial charge in [-0.25, -0.2) is 4.68 Å². The standard InChI is InChI=1S/C23H29N5O2/c1-16-20(11-14-27(4)23(16,2)3)30-22-10-9-19(25-26-22)18-8-7-17(15-21(18)29-5)28-13-6-12-24-28/h6-10,12-13,15-16,20H,11,14H2,1-5H3. The third-order valence-corrected chi connectivity index (χ3v) is 6.55. The highest BCUT2D eigenvalue weighted by atomic mass is 16.5. The van der Waals surface area contributed by atoms with Crippen molar-refractivity contribution >= 4 is 0 Å². The number of rotatable bonds is 5. The fourth-order valence-corrected chi connectivity index (χ4v) is 3.96. The van der Waals surface area contributed by atoms with Crippen molar-refractivity contribution < 1.29 is 9.47 Å². The van der Waals surface area contributed by atoms with Crippen LogP contribution in [0, 0.1) is 5.92 Å². The van der Waals surface area contributed by atoms with E-state index in [1.165, 1.54) is 0 Å². The number of piperidine rings is 1. The lowest BCUT2D eigenvalue weighted by atomic mass is 9.79. The molecule has 0 radical (unpaired) electrons. The Morgan fingerprint density at radius 2 is 1.97 bits per heavy atom. The van der Waals surface area contributed by atoms with Crippen LogP contribution in [0.1, 0.15) is 27.2 Å². The van der Waals surface area contributed by atoms with E-state index in [9.17, 15) is 0 Å². The Bertz CT molecular complexity index is 985. The molecule has 0 N–H and O–H groups in total. The first kappa shape index (κ1) is 20.3. The largest absolute Gasteiger partial charge is 0.496 e. The maximum atomic E-state index is 6.22. The number of ether oxygens (including phenoxy) is 2. The molecule has 1 aromatic carbocycles. The molecule has 0 saturated carbocycles. The Balaban J connectivity index is 1.53. The number of likely N-dealkylation sites (tertiary alicyclic amines) is 1. The summed E-state index contributed by atoms with van der Waals surface area (Å²) in [6, 6.07) is 11.6. The lowest BCUT2D eigenvalue weighted by Crippen LogP contribution is -2.56. The molecule has 2 atom stereocenters. The lowest BCUT2D eigenvalue weighted by molar-refractivity contribution is -0.0301. The van der Waals surface area contributed by atoms with Crippen molar-refractivity contribution in [2.45, 2.75) is 38.8 Å². The zero-order valence-electron chi connectivity index (χ0n) is 18.2. The Morgan fingerprint density at radius 3 is 2.63 bits per heavy atom. The molecule has 1 aliphatic rings. The molecule has 1 fully saturated rings. The molecule has 1 saturated heterocycles. The minimum absolute atomic E-state index is 0.0833. The van der Waals surface area contributed by atoms with Gasteiger partial charge in [0.2, 0.25) is 5.88 Å². The van der Waals surface area contributed by atoms with E-state index in [0.29, 0.717) is 11.8 Å². The third-order valence-electron chi connectivity index (χ3n) is 6.55. The molecular weight excluding hydrogens is 378 g/mol. The second kappa shape index (κ2) is 8.07. The van der Waals surface area contributed by atoms with Gasteiger partial charge in [0.1, 0.15) is 11.9 Å². The van der Waals surface area contributed by atoms with Gasteiger partial charge in [0.25, 0.3) is 0 Å². The predicted molar refractivity (Wildman–Crippen MR) is 116 cm³/mol. The highest BCUT2D eigenvalue weighted by Crippen LogP contribution is 2.35. The molecule has 2 aromatic heterocycles. The fourth-order valence-electron chi connectivity index (χ4n) is 3.96. The summed E-state index contributed by atoms with van der Waals surface area (Å²) in [5, 5.41) is 13.0. The molecule has 2 unspecified atom stereocenters. The van der Waals surface area contributed by atoms with Crippen molar-refractivity contribution in [3.63, 3.8) is 0 Å². The molecule has 3 aromatic rings. The van der Waals surface area contributed by atoms with Crippen molar-refractivity contribution in [3.05, 3.63) is 48.8 Å². The van der Waals surface area contributed by atoms with Gasteiger partial charge in [0.15, 0.2) is 0 Å². The van der Waals surface area contributed by atoms with E-state index in [0.717, 1.165) is 35.7 Å². The smallest absolute Gasteiger partial charge is 0.233 e. The minimum Gasteiger partial charge on any atom is -0.496 e. The fraction of sp³-hybridized carbons (Fsp3) is 0.435. The van der Waals surface area contributed by atoms with Crippen LogP contribution in [0.5, 0.6) is 11.6 Å². The van der Waals surface area contributed by atoms with Gasteiger partial charge in [0.05, 0.1) is 18.5 Å². The molecular formula is C23H29N5O2. The van der Waals surface area contributed by atoms with Gasteiger partial charge in [-0.2, -0.15) is 5.10 Å². The highest BCUT2D eigenvalue weighted by molar-refractivity contribution is 5.69. The van der Waals surface area contributed by atoms with Crippen LogP contribution in [0.4, 0.5) is 0 Å². The molecule has 4 rings (SSSR count). The average Bonchev–Trinajstić information content (AvgIpc) is 3.30. The van der Waals surface area contributed by atoms with Gasteiger partial charge in [-0.15, -0.1) is 10.2 Å². The zero-order chi connectivity index (χ0) is 21.3. The monoisotopic (exact) mass is 407 g/mol. The molecule has 3 heterocycles. The van der Waals surface area contributed by atoms with Crippen LogP contribution in [0.15, 0.2) is 48.8 Å². The lowest BCUT2D eigenvalue weighted by Gasteiger charge is -2.48. The highest BCUT2D eigenvalue weighted by Gasteiger charge is 2.40. The van der Waals surface area contributed by atoms with Crippen LogP contribution in [-0.2, 0) is 0 Å². The number of nitrogens with zero attached hydrogens (tertiary/aromatic N) is 5. The van der Waals surface area contributed by atoms with Crippen LogP contribution >= 0.6 is 0 Å². The van der Waals surface area contributed by atoms with Crippen molar-refractivity contribution in [1.29, 1.82) is 0 Å². The summed E-state index contributed by atoms with van der Waals surface area (Å²) in [6.07, 6.45) is 4.75. The SMILES string of the molecule is COc1cc(-n2cccn2)ccc1-c1ccc(OC2CCN(C)C(C)(C)C2C)nn1. The van der Waals surface area contributed by atoms with E-state index in [2.05, 4.69) is 48.0 Å². The van der Waals surface area contributed by atoms with Crippen LogP contribution in [0.2, 0.25) is 0 Å². The summed E-state index contributed by atoms with van der Waals surface area (Å²) >= 11 is 0. The first-order chi connectivity index (χ1) is 14.4. The van der Waals surface area contributed by atoms with Gasteiger partial charge >= 0.3 is 0 Å². The molecule has 30 heavy (non-hydrogen) atoms. The maximum Gasteiger partial charge on any atom is 0.233 e. The molecule has 0 aliphatic carbocycles. The van der Waals surface area contributed by atoms with E-state index < -0.39 is 0 Å². The average molecular weight is 408 g/mol. The topological polar surface area (TPSA) is 65.3 Å². The van der Waals surface area contributed by atoms with E-state index in [4.69, 9.17) is 9.47 Å². The molecule has 0 bridgehead atoms. The van der Waals surface area contributed by atoms with E-state index in [1.807, 2.05) is 42.6 Å². The Kier molecular flexibility index (Phi) is 5.47. The summed E-state index contributed by atoms with van der Waals surface area (Å²) in [4.78, 5) is 2.39. The number of methoxy groups -OCH3 is 1. The number of hydrogen-bond donors (Lipinski definition) is 0. The molecule has 7 heteroatoms. The Morgan fingerprint density at radius 1 is 1.13 bits per heavy atom. The summed E-state index contributed by atoms with van der Waals surface area (Å²) in [7, 11) is 3.83. The summed E-state index contributed by atoms with van der Waals surface area (Å²) in [5.74, 6) is 1.66.